The zero-order chi connectivity index (χ0) is 19.4. The van der Waals surface area contributed by atoms with E-state index in [9.17, 15) is 4.79 Å². The molecule has 0 amide bonds. The van der Waals surface area contributed by atoms with Crippen molar-refractivity contribution in [1.82, 2.24) is 9.97 Å². The van der Waals surface area contributed by atoms with Gasteiger partial charge < -0.3 is 15.4 Å². The van der Waals surface area contributed by atoms with Crippen LogP contribution in [0, 0.1) is 6.92 Å². The van der Waals surface area contributed by atoms with Crippen molar-refractivity contribution in [3.63, 3.8) is 0 Å². The molecule has 0 unspecified atom stereocenters. The minimum atomic E-state index is 0.0259. The van der Waals surface area contributed by atoms with Crippen LogP contribution in [0.15, 0.2) is 48.5 Å². The van der Waals surface area contributed by atoms with Crippen molar-refractivity contribution in [3.8, 4) is 5.75 Å². The molecule has 138 valence electrons. The van der Waals surface area contributed by atoms with Gasteiger partial charge in [0.25, 0.3) is 0 Å². The number of benzene rings is 2. The number of aromatic nitrogens is 2. The summed E-state index contributed by atoms with van der Waals surface area (Å²) >= 11 is 6.17. The topological polar surface area (TPSA) is 76.1 Å². The number of nitrogens with one attached hydrogen (secondary N) is 2. The van der Waals surface area contributed by atoms with Crippen molar-refractivity contribution in [3.05, 3.63) is 64.8 Å². The van der Waals surface area contributed by atoms with Crippen molar-refractivity contribution in [1.29, 1.82) is 0 Å². The summed E-state index contributed by atoms with van der Waals surface area (Å²) in [5, 5.41) is 6.87. The van der Waals surface area contributed by atoms with Gasteiger partial charge in [-0.3, -0.25) is 4.79 Å². The highest BCUT2D eigenvalue weighted by molar-refractivity contribution is 6.32. The number of carbonyl (C=O) groups is 1. The third-order valence-corrected chi connectivity index (χ3v) is 4.12. The van der Waals surface area contributed by atoms with Gasteiger partial charge in [0, 0.05) is 28.7 Å². The number of hydrogen-bond acceptors (Lipinski definition) is 6. The molecule has 0 bridgehead atoms. The summed E-state index contributed by atoms with van der Waals surface area (Å²) in [6, 6.07) is 14.4. The number of Topliss-reactive ketones (excluding diaryl/α,β-unsaturated/α-hetero) is 1. The maximum Gasteiger partial charge on any atom is 0.229 e. The third-order valence-electron chi connectivity index (χ3n) is 3.83. The van der Waals surface area contributed by atoms with Gasteiger partial charge in [-0.25, -0.2) is 4.98 Å². The molecule has 1 aromatic heterocycles. The molecule has 3 rings (SSSR count). The maximum atomic E-state index is 11.4. The number of aryl methyl sites for hydroxylation is 1. The average Bonchev–Trinajstić information content (AvgIpc) is 2.62. The van der Waals surface area contributed by atoms with Crippen LogP contribution in [0.2, 0.25) is 5.02 Å². The largest absolute Gasteiger partial charge is 0.495 e. The van der Waals surface area contributed by atoms with Gasteiger partial charge in [0.05, 0.1) is 12.1 Å². The van der Waals surface area contributed by atoms with Crippen molar-refractivity contribution in [2.24, 2.45) is 0 Å². The predicted molar refractivity (Wildman–Crippen MR) is 108 cm³/mol. The second-order valence-electron chi connectivity index (χ2n) is 5.95. The molecular formula is C20H19ClN4O2. The van der Waals surface area contributed by atoms with E-state index in [4.69, 9.17) is 16.3 Å². The lowest BCUT2D eigenvalue weighted by molar-refractivity contribution is 0.101. The summed E-state index contributed by atoms with van der Waals surface area (Å²) in [6.45, 7) is 3.42. The standard InChI is InChI=1S/C20H19ClN4O2/c1-12-10-19(23-16-8-9-18(27-3)17(21)11-16)25-20(22-12)24-15-6-4-14(5-7-15)13(2)26/h4-11H,1-3H3,(H2,22,23,24,25). The third kappa shape index (κ3) is 4.74. The average molecular weight is 383 g/mol. The predicted octanol–water partition coefficient (Wildman–Crippen LogP) is 5.14. The van der Waals surface area contributed by atoms with Crippen molar-refractivity contribution < 1.29 is 9.53 Å². The molecule has 0 aliphatic carbocycles. The van der Waals surface area contributed by atoms with Gasteiger partial charge in [-0.15, -0.1) is 0 Å². The van der Waals surface area contributed by atoms with Gasteiger partial charge >= 0.3 is 0 Å². The first-order valence-electron chi connectivity index (χ1n) is 8.29. The van der Waals surface area contributed by atoms with E-state index in [1.807, 2.05) is 31.2 Å². The Kier molecular flexibility index (Phi) is 5.57. The van der Waals surface area contributed by atoms with Crippen LogP contribution < -0.4 is 15.4 Å². The summed E-state index contributed by atoms with van der Waals surface area (Å²) in [5.74, 6) is 1.72. The van der Waals surface area contributed by atoms with E-state index in [1.54, 1.807) is 31.4 Å². The second-order valence-corrected chi connectivity index (χ2v) is 6.36. The van der Waals surface area contributed by atoms with Gasteiger partial charge in [0.1, 0.15) is 11.6 Å². The summed E-state index contributed by atoms with van der Waals surface area (Å²) in [4.78, 5) is 20.2. The van der Waals surface area contributed by atoms with Gasteiger partial charge in [0.15, 0.2) is 5.78 Å². The highest BCUT2D eigenvalue weighted by atomic mass is 35.5. The maximum absolute atomic E-state index is 11.4. The van der Waals surface area contributed by atoms with E-state index in [1.165, 1.54) is 6.92 Å². The molecule has 2 aromatic carbocycles. The highest BCUT2D eigenvalue weighted by Gasteiger charge is 2.07. The smallest absolute Gasteiger partial charge is 0.229 e. The van der Waals surface area contributed by atoms with Crippen LogP contribution >= 0.6 is 11.6 Å². The lowest BCUT2D eigenvalue weighted by atomic mass is 10.1. The van der Waals surface area contributed by atoms with Crippen LogP contribution in [-0.2, 0) is 0 Å². The van der Waals surface area contributed by atoms with Crippen LogP contribution in [0.25, 0.3) is 0 Å². The van der Waals surface area contributed by atoms with Crippen LogP contribution in [0.5, 0.6) is 5.75 Å². The number of nitrogens with zero attached hydrogens (tertiary/aromatic N) is 2. The molecule has 0 radical (unpaired) electrons. The summed E-state index contributed by atoms with van der Waals surface area (Å²) in [6.07, 6.45) is 0. The lowest BCUT2D eigenvalue weighted by Gasteiger charge is -2.11. The number of methoxy groups -OCH3 is 1. The van der Waals surface area contributed by atoms with Gasteiger partial charge in [-0.05, 0) is 56.3 Å². The molecule has 3 aromatic rings. The summed E-state index contributed by atoms with van der Waals surface area (Å²) in [5.41, 5.74) is 3.04. The molecule has 2 N–H and O–H groups in total. The molecule has 0 saturated heterocycles. The number of ether oxygens (including phenoxy) is 1. The fraction of sp³-hybridized carbons (Fsp3) is 0.150. The molecule has 0 fully saturated rings. The summed E-state index contributed by atoms with van der Waals surface area (Å²) < 4.78 is 5.16. The van der Waals surface area contributed by atoms with E-state index >= 15 is 0 Å². The Balaban J connectivity index is 1.79. The first-order chi connectivity index (χ1) is 12.9. The fourth-order valence-corrected chi connectivity index (χ4v) is 2.76. The molecule has 1 heterocycles. The zero-order valence-corrected chi connectivity index (χ0v) is 16.0. The van der Waals surface area contributed by atoms with Crippen LogP contribution in [0.3, 0.4) is 0 Å². The van der Waals surface area contributed by atoms with Gasteiger partial charge in [-0.1, -0.05) is 11.6 Å². The Hall–Kier alpha value is -3.12. The Labute approximate surface area is 162 Å². The van der Waals surface area contributed by atoms with E-state index in [2.05, 4.69) is 20.6 Å². The highest BCUT2D eigenvalue weighted by Crippen LogP contribution is 2.29. The Morgan fingerprint density at radius 1 is 1.00 bits per heavy atom. The molecule has 6 nitrogen and oxygen atoms in total. The number of hydrogen-bond donors (Lipinski definition) is 2. The van der Waals surface area contributed by atoms with Gasteiger partial charge in [0.2, 0.25) is 5.95 Å². The number of carbonyl (C=O) groups excluding carboxylic acids is 1. The molecule has 0 atom stereocenters. The van der Waals surface area contributed by atoms with Crippen molar-refractivity contribution in [2.45, 2.75) is 13.8 Å². The Morgan fingerprint density at radius 3 is 2.33 bits per heavy atom. The Morgan fingerprint density at radius 2 is 1.70 bits per heavy atom. The molecule has 0 aliphatic heterocycles. The van der Waals surface area contributed by atoms with Crippen LogP contribution in [0.1, 0.15) is 23.0 Å². The minimum Gasteiger partial charge on any atom is -0.495 e. The quantitative estimate of drug-likeness (QED) is 0.575. The molecule has 27 heavy (non-hydrogen) atoms. The minimum absolute atomic E-state index is 0.0259. The fourth-order valence-electron chi connectivity index (χ4n) is 2.50. The van der Waals surface area contributed by atoms with E-state index in [0.29, 0.717) is 28.1 Å². The Bertz CT molecular complexity index is 974. The SMILES string of the molecule is COc1ccc(Nc2cc(C)nc(Nc3ccc(C(C)=O)cc3)n2)cc1Cl. The zero-order valence-electron chi connectivity index (χ0n) is 15.2. The molecule has 0 aliphatic rings. The number of rotatable bonds is 6. The lowest BCUT2D eigenvalue weighted by Crippen LogP contribution is -2.03. The second kappa shape index (κ2) is 8.05. The van der Waals surface area contributed by atoms with E-state index < -0.39 is 0 Å². The van der Waals surface area contributed by atoms with Crippen molar-refractivity contribution in [2.75, 3.05) is 17.7 Å². The normalized spacial score (nSPS) is 10.4. The van der Waals surface area contributed by atoms with Gasteiger partial charge in [-0.2, -0.15) is 4.98 Å². The first-order valence-corrected chi connectivity index (χ1v) is 8.66. The monoisotopic (exact) mass is 382 g/mol. The van der Waals surface area contributed by atoms with E-state index in [-0.39, 0.29) is 5.78 Å². The number of anilines is 4. The molecule has 0 spiro atoms. The first kappa shape index (κ1) is 18.7. The molecular weight excluding hydrogens is 364 g/mol. The molecule has 0 saturated carbocycles. The van der Waals surface area contributed by atoms with E-state index in [0.717, 1.165) is 17.1 Å². The van der Waals surface area contributed by atoms with Crippen LogP contribution in [0.4, 0.5) is 23.1 Å². The van der Waals surface area contributed by atoms with Crippen LogP contribution in [-0.4, -0.2) is 22.9 Å². The number of halogens is 1. The van der Waals surface area contributed by atoms with Crippen molar-refractivity contribution >= 4 is 40.5 Å². The summed E-state index contributed by atoms with van der Waals surface area (Å²) in [7, 11) is 1.57. The molecule has 7 heteroatoms. The number of ketones is 1.